The third-order valence-electron chi connectivity index (χ3n) is 2.38. The number of rotatable bonds is 3. The number of nitrogens with zero attached hydrogens (tertiary/aromatic N) is 1. The number of anilines is 1. The fourth-order valence-electron chi connectivity index (χ4n) is 1.40. The van der Waals surface area contributed by atoms with E-state index < -0.39 is 15.2 Å². The van der Waals surface area contributed by atoms with E-state index in [1.807, 2.05) is 0 Å². The van der Waals surface area contributed by atoms with Crippen molar-refractivity contribution >= 4 is 54.0 Å². The minimum atomic E-state index is -3.27. The molecule has 0 bridgehead atoms. The summed E-state index contributed by atoms with van der Waals surface area (Å²) in [4.78, 5) is 15.8. The average Bonchev–Trinajstić information content (AvgIpc) is 2.68. The lowest BCUT2D eigenvalue weighted by atomic mass is 10.3. The molecule has 1 aromatic carbocycles. The van der Waals surface area contributed by atoms with Gasteiger partial charge in [0.15, 0.2) is 15.0 Å². The SMILES string of the molecule is CC(Cl)C(=O)Nc1nc2cc(S(C)(=O)=O)ccc2s1. The molecule has 0 aliphatic heterocycles. The van der Waals surface area contributed by atoms with Gasteiger partial charge < -0.3 is 5.32 Å². The van der Waals surface area contributed by atoms with Crippen LogP contribution >= 0.6 is 22.9 Å². The van der Waals surface area contributed by atoms with Crippen LogP contribution in [0.3, 0.4) is 0 Å². The number of hydrogen-bond acceptors (Lipinski definition) is 5. The number of fused-ring (bicyclic) bond motifs is 1. The molecule has 0 saturated carbocycles. The standard InChI is InChI=1S/C11H11ClN2O3S2/c1-6(12)10(15)14-11-13-8-5-7(19(2,16)17)3-4-9(8)18-11/h3-6H,1-2H3,(H,13,14,15). The highest BCUT2D eigenvalue weighted by atomic mass is 35.5. The third-order valence-corrected chi connectivity index (χ3v) is 4.64. The predicted octanol–water partition coefficient (Wildman–Crippen LogP) is 2.27. The van der Waals surface area contributed by atoms with Crippen molar-refractivity contribution in [2.75, 3.05) is 11.6 Å². The molecule has 2 aromatic rings. The first kappa shape index (κ1) is 14.2. The Morgan fingerprint density at radius 3 is 2.74 bits per heavy atom. The molecule has 1 amide bonds. The number of sulfone groups is 1. The molecule has 1 unspecified atom stereocenters. The highest BCUT2D eigenvalue weighted by molar-refractivity contribution is 7.90. The zero-order valence-corrected chi connectivity index (χ0v) is 12.6. The van der Waals surface area contributed by atoms with E-state index in [9.17, 15) is 13.2 Å². The van der Waals surface area contributed by atoms with E-state index in [1.165, 1.54) is 23.5 Å². The summed E-state index contributed by atoms with van der Waals surface area (Å²) in [7, 11) is -3.27. The molecule has 0 aliphatic carbocycles. The molecule has 1 atom stereocenters. The number of nitrogens with one attached hydrogen (secondary N) is 1. The number of carbonyl (C=O) groups is 1. The Balaban J connectivity index is 2.39. The maximum atomic E-state index is 11.4. The number of benzene rings is 1. The second kappa shape index (κ2) is 5.07. The van der Waals surface area contributed by atoms with Crippen LogP contribution in [0.2, 0.25) is 0 Å². The van der Waals surface area contributed by atoms with Crippen LogP contribution in [0, 0.1) is 0 Å². The highest BCUT2D eigenvalue weighted by Gasteiger charge is 2.14. The second-order valence-corrected chi connectivity index (χ2v) is 7.73. The quantitative estimate of drug-likeness (QED) is 0.881. The zero-order valence-electron chi connectivity index (χ0n) is 10.2. The van der Waals surface area contributed by atoms with E-state index in [0.29, 0.717) is 10.6 Å². The van der Waals surface area contributed by atoms with E-state index in [4.69, 9.17) is 11.6 Å². The molecule has 1 heterocycles. The van der Waals surface area contributed by atoms with Crippen molar-refractivity contribution in [3.63, 3.8) is 0 Å². The predicted molar refractivity (Wildman–Crippen MR) is 76.7 cm³/mol. The van der Waals surface area contributed by atoms with Gasteiger partial charge in [-0.1, -0.05) is 11.3 Å². The number of alkyl halides is 1. The van der Waals surface area contributed by atoms with Crippen molar-refractivity contribution in [1.82, 2.24) is 4.98 Å². The molecule has 1 aromatic heterocycles. The molecule has 0 radical (unpaired) electrons. The fraction of sp³-hybridized carbons (Fsp3) is 0.273. The highest BCUT2D eigenvalue weighted by Crippen LogP contribution is 2.28. The summed E-state index contributed by atoms with van der Waals surface area (Å²) in [6.45, 7) is 1.56. The van der Waals surface area contributed by atoms with Crippen molar-refractivity contribution in [2.45, 2.75) is 17.2 Å². The van der Waals surface area contributed by atoms with Gasteiger partial charge >= 0.3 is 0 Å². The number of hydrogen-bond donors (Lipinski definition) is 1. The minimum Gasteiger partial charge on any atom is -0.301 e. The van der Waals surface area contributed by atoms with Crippen LogP contribution in [-0.2, 0) is 14.6 Å². The molecule has 2 rings (SSSR count). The van der Waals surface area contributed by atoms with Crippen molar-refractivity contribution in [2.24, 2.45) is 0 Å². The Labute approximate surface area is 119 Å². The smallest absolute Gasteiger partial charge is 0.243 e. The first-order valence-electron chi connectivity index (χ1n) is 5.33. The molecule has 0 aliphatic rings. The number of halogens is 1. The van der Waals surface area contributed by atoms with Gasteiger partial charge in [0.25, 0.3) is 0 Å². The third kappa shape index (κ3) is 3.23. The van der Waals surface area contributed by atoms with Crippen LogP contribution in [-0.4, -0.2) is 30.9 Å². The van der Waals surface area contributed by atoms with Gasteiger partial charge in [0.1, 0.15) is 5.38 Å². The van der Waals surface area contributed by atoms with Crippen LogP contribution in [0.5, 0.6) is 0 Å². The van der Waals surface area contributed by atoms with Gasteiger partial charge in [-0.15, -0.1) is 11.6 Å². The Hall–Kier alpha value is -1.18. The number of thiazole rings is 1. The van der Waals surface area contributed by atoms with Crippen molar-refractivity contribution in [1.29, 1.82) is 0 Å². The van der Waals surface area contributed by atoms with Gasteiger partial charge in [-0.2, -0.15) is 0 Å². The summed E-state index contributed by atoms with van der Waals surface area (Å²) in [6.07, 6.45) is 1.14. The zero-order chi connectivity index (χ0) is 14.2. The molecule has 0 saturated heterocycles. The Morgan fingerprint density at radius 1 is 1.47 bits per heavy atom. The molecule has 1 N–H and O–H groups in total. The summed E-state index contributed by atoms with van der Waals surface area (Å²) in [5.41, 5.74) is 0.533. The lowest BCUT2D eigenvalue weighted by Crippen LogP contribution is -2.19. The van der Waals surface area contributed by atoms with Gasteiger partial charge in [0.2, 0.25) is 5.91 Å². The topological polar surface area (TPSA) is 76.1 Å². The van der Waals surface area contributed by atoms with Crippen LogP contribution < -0.4 is 5.32 Å². The Morgan fingerprint density at radius 2 is 2.16 bits per heavy atom. The molecule has 0 fully saturated rings. The van der Waals surface area contributed by atoms with Crippen molar-refractivity contribution in [3.05, 3.63) is 18.2 Å². The molecule has 19 heavy (non-hydrogen) atoms. The molecule has 5 nitrogen and oxygen atoms in total. The Bertz CT molecular complexity index is 737. The van der Waals surface area contributed by atoms with E-state index in [1.54, 1.807) is 13.0 Å². The summed E-state index contributed by atoms with van der Waals surface area (Å²) in [5.74, 6) is -0.343. The molecular formula is C11H11ClN2O3S2. The van der Waals surface area contributed by atoms with Gasteiger partial charge in [-0.05, 0) is 25.1 Å². The van der Waals surface area contributed by atoms with Crippen LogP contribution in [0.1, 0.15) is 6.92 Å². The fourth-order valence-corrected chi connectivity index (χ4v) is 2.94. The molecule has 102 valence electrons. The molecular weight excluding hydrogens is 308 g/mol. The summed E-state index contributed by atoms with van der Waals surface area (Å²) < 4.78 is 23.7. The van der Waals surface area contributed by atoms with Crippen LogP contribution in [0.15, 0.2) is 23.1 Å². The first-order chi connectivity index (χ1) is 8.77. The summed E-state index contributed by atoms with van der Waals surface area (Å²) in [5, 5.41) is 2.32. The summed E-state index contributed by atoms with van der Waals surface area (Å²) in [6, 6.07) is 4.68. The monoisotopic (exact) mass is 318 g/mol. The first-order valence-corrected chi connectivity index (χ1v) is 8.47. The van der Waals surface area contributed by atoms with Gasteiger partial charge in [0.05, 0.1) is 15.1 Å². The molecule has 8 heteroatoms. The van der Waals surface area contributed by atoms with E-state index >= 15 is 0 Å². The van der Waals surface area contributed by atoms with E-state index in [-0.39, 0.29) is 10.8 Å². The lowest BCUT2D eigenvalue weighted by Gasteiger charge is -2.01. The number of carbonyl (C=O) groups excluding carboxylic acids is 1. The van der Waals surface area contributed by atoms with E-state index in [2.05, 4.69) is 10.3 Å². The van der Waals surface area contributed by atoms with Crippen molar-refractivity contribution < 1.29 is 13.2 Å². The normalized spacial score (nSPS) is 13.4. The summed E-state index contributed by atoms with van der Waals surface area (Å²) >= 11 is 6.91. The van der Waals surface area contributed by atoms with Gasteiger partial charge in [-0.25, -0.2) is 13.4 Å². The van der Waals surface area contributed by atoms with E-state index in [0.717, 1.165) is 11.0 Å². The van der Waals surface area contributed by atoms with Crippen LogP contribution in [0.25, 0.3) is 10.2 Å². The lowest BCUT2D eigenvalue weighted by molar-refractivity contribution is -0.115. The maximum Gasteiger partial charge on any atom is 0.243 e. The number of amides is 1. The van der Waals surface area contributed by atoms with Crippen LogP contribution in [0.4, 0.5) is 5.13 Å². The molecule has 0 spiro atoms. The van der Waals surface area contributed by atoms with Crippen molar-refractivity contribution in [3.8, 4) is 0 Å². The maximum absolute atomic E-state index is 11.4. The second-order valence-electron chi connectivity index (χ2n) is 4.03. The number of aromatic nitrogens is 1. The van der Waals surface area contributed by atoms with Gasteiger partial charge in [0, 0.05) is 6.26 Å². The average molecular weight is 319 g/mol. The van der Waals surface area contributed by atoms with Gasteiger partial charge in [-0.3, -0.25) is 4.79 Å². The Kier molecular flexibility index (Phi) is 3.80. The largest absolute Gasteiger partial charge is 0.301 e. The minimum absolute atomic E-state index is 0.203.